The Hall–Kier alpha value is -2.00. The third-order valence-corrected chi connectivity index (χ3v) is 3.69. The van der Waals surface area contributed by atoms with Gasteiger partial charge in [0.05, 0.1) is 25.7 Å². The van der Waals surface area contributed by atoms with Crippen LogP contribution in [0.3, 0.4) is 0 Å². The normalized spacial score (nSPS) is 16.6. The maximum absolute atomic E-state index is 9.39. The summed E-state index contributed by atoms with van der Waals surface area (Å²) in [6.07, 6.45) is 0. The van der Waals surface area contributed by atoms with E-state index >= 15 is 0 Å². The predicted octanol–water partition coefficient (Wildman–Crippen LogP) is 3.04. The molecule has 0 spiro atoms. The van der Waals surface area contributed by atoms with E-state index in [2.05, 4.69) is 6.07 Å². The van der Waals surface area contributed by atoms with Gasteiger partial charge in [0.15, 0.2) is 0 Å². The summed E-state index contributed by atoms with van der Waals surface area (Å²) in [7, 11) is 0. The number of aliphatic hydroxyl groups excluding tert-OH is 1. The third-order valence-electron chi connectivity index (χ3n) is 3.69. The van der Waals surface area contributed by atoms with E-state index in [1.165, 1.54) is 5.56 Å². The molecule has 2 aromatic rings. The van der Waals surface area contributed by atoms with E-state index in [9.17, 15) is 5.11 Å². The van der Waals surface area contributed by atoms with Crippen LogP contribution >= 0.6 is 0 Å². The number of benzene rings is 2. The number of rotatable bonds is 4. The minimum Gasteiger partial charge on any atom is -0.493 e. The molecule has 1 aliphatic heterocycles. The summed E-state index contributed by atoms with van der Waals surface area (Å²) in [6, 6.07) is 13.9. The van der Waals surface area contributed by atoms with Gasteiger partial charge in [-0.25, -0.2) is 0 Å². The van der Waals surface area contributed by atoms with Crippen molar-refractivity contribution in [3.63, 3.8) is 0 Å². The van der Waals surface area contributed by atoms with E-state index in [0.717, 1.165) is 22.6 Å². The topological polar surface area (TPSA) is 38.7 Å². The molecule has 2 aromatic carbocycles. The van der Waals surface area contributed by atoms with Crippen LogP contribution in [-0.2, 0) is 6.61 Å². The minimum absolute atomic E-state index is 0.00519. The summed E-state index contributed by atoms with van der Waals surface area (Å²) in [5, 5.41) is 9.39. The van der Waals surface area contributed by atoms with Crippen molar-refractivity contribution in [2.75, 3.05) is 13.2 Å². The first-order valence-electron chi connectivity index (χ1n) is 6.83. The number of hydrogen-bond donors (Lipinski definition) is 1. The van der Waals surface area contributed by atoms with E-state index < -0.39 is 0 Å². The lowest BCUT2D eigenvalue weighted by Crippen LogP contribution is -2.13. The number of hydrogen-bond acceptors (Lipinski definition) is 3. The van der Waals surface area contributed by atoms with Crippen molar-refractivity contribution in [3.8, 4) is 11.5 Å². The summed E-state index contributed by atoms with van der Waals surface area (Å²) < 4.78 is 11.6. The molecular weight excluding hydrogens is 252 g/mol. The molecule has 104 valence electrons. The highest BCUT2D eigenvalue weighted by Crippen LogP contribution is 2.34. The van der Waals surface area contributed by atoms with Crippen molar-refractivity contribution in [1.82, 2.24) is 0 Å². The second-order valence-corrected chi connectivity index (χ2v) is 5.08. The average Bonchev–Trinajstić information content (AvgIpc) is 2.89. The monoisotopic (exact) mass is 270 g/mol. The number of aryl methyl sites for hydroxylation is 1. The molecule has 20 heavy (non-hydrogen) atoms. The first-order valence-corrected chi connectivity index (χ1v) is 6.83. The fourth-order valence-electron chi connectivity index (χ4n) is 2.60. The van der Waals surface area contributed by atoms with Gasteiger partial charge in [-0.1, -0.05) is 36.4 Å². The molecule has 1 aliphatic rings. The molecule has 3 nitrogen and oxygen atoms in total. The molecule has 0 saturated carbocycles. The van der Waals surface area contributed by atoms with Gasteiger partial charge in [-0.05, 0) is 18.6 Å². The highest BCUT2D eigenvalue weighted by molar-refractivity contribution is 5.42. The predicted molar refractivity (Wildman–Crippen MR) is 77.3 cm³/mol. The number of ether oxygens (including phenoxy) is 2. The van der Waals surface area contributed by atoms with E-state index in [-0.39, 0.29) is 12.5 Å². The fraction of sp³-hybridized carbons (Fsp3) is 0.294. The van der Waals surface area contributed by atoms with Crippen LogP contribution in [0, 0.1) is 6.92 Å². The van der Waals surface area contributed by atoms with Crippen LogP contribution in [0.1, 0.15) is 22.6 Å². The van der Waals surface area contributed by atoms with Gasteiger partial charge in [0, 0.05) is 11.1 Å². The van der Waals surface area contributed by atoms with Gasteiger partial charge >= 0.3 is 0 Å². The highest BCUT2D eigenvalue weighted by atomic mass is 16.5. The van der Waals surface area contributed by atoms with Crippen molar-refractivity contribution >= 4 is 0 Å². The van der Waals surface area contributed by atoms with E-state index in [0.29, 0.717) is 13.2 Å². The molecule has 1 unspecified atom stereocenters. The van der Waals surface area contributed by atoms with Crippen molar-refractivity contribution in [1.29, 1.82) is 0 Å². The molecular formula is C17H18O3. The van der Waals surface area contributed by atoms with Crippen molar-refractivity contribution in [2.24, 2.45) is 0 Å². The van der Waals surface area contributed by atoms with Gasteiger partial charge in [-0.2, -0.15) is 0 Å². The molecule has 0 radical (unpaired) electrons. The first kappa shape index (κ1) is 13.0. The molecule has 0 fully saturated rings. The second-order valence-electron chi connectivity index (χ2n) is 5.08. The van der Waals surface area contributed by atoms with Crippen LogP contribution in [0.5, 0.6) is 11.5 Å². The van der Waals surface area contributed by atoms with Crippen molar-refractivity contribution in [3.05, 3.63) is 59.2 Å². The van der Waals surface area contributed by atoms with Gasteiger partial charge in [-0.15, -0.1) is 0 Å². The van der Waals surface area contributed by atoms with Crippen LogP contribution in [0.15, 0.2) is 42.5 Å². The van der Waals surface area contributed by atoms with Crippen molar-refractivity contribution in [2.45, 2.75) is 19.4 Å². The molecule has 0 saturated heterocycles. The number of aliphatic hydroxyl groups is 1. The first-order chi connectivity index (χ1) is 9.79. The number of fused-ring (bicyclic) bond motifs is 1. The molecule has 3 rings (SSSR count). The maximum Gasteiger partial charge on any atom is 0.127 e. The van der Waals surface area contributed by atoms with Crippen LogP contribution < -0.4 is 9.47 Å². The van der Waals surface area contributed by atoms with E-state index in [1.54, 1.807) is 0 Å². The van der Waals surface area contributed by atoms with Crippen LogP contribution in [-0.4, -0.2) is 18.3 Å². The lowest BCUT2D eigenvalue weighted by atomic mass is 10.0. The number of para-hydroxylation sites is 2. The largest absolute Gasteiger partial charge is 0.493 e. The molecule has 0 aromatic heterocycles. The van der Waals surface area contributed by atoms with Gasteiger partial charge in [0.25, 0.3) is 0 Å². The third kappa shape index (κ3) is 2.37. The lowest BCUT2D eigenvalue weighted by Gasteiger charge is -2.15. The molecule has 1 atom stereocenters. The molecule has 1 N–H and O–H groups in total. The van der Waals surface area contributed by atoms with Gasteiger partial charge < -0.3 is 14.6 Å². The molecule has 0 bridgehead atoms. The second kappa shape index (κ2) is 5.55. The summed E-state index contributed by atoms with van der Waals surface area (Å²) in [4.78, 5) is 0. The smallest absolute Gasteiger partial charge is 0.127 e. The molecule has 1 heterocycles. The van der Waals surface area contributed by atoms with Crippen LogP contribution in [0.2, 0.25) is 0 Å². The zero-order valence-corrected chi connectivity index (χ0v) is 11.5. The molecule has 0 amide bonds. The molecule has 3 heteroatoms. The Morgan fingerprint density at radius 1 is 1.20 bits per heavy atom. The quantitative estimate of drug-likeness (QED) is 0.928. The summed E-state index contributed by atoms with van der Waals surface area (Å²) in [6.45, 7) is 3.21. The zero-order chi connectivity index (χ0) is 13.9. The Balaban J connectivity index is 1.75. The Labute approximate surface area is 118 Å². The van der Waals surface area contributed by atoms with E-state index in [4.69, 9.17) is 9.47 Å². The molecule has 0 aliphatic carbocycles. The van der Waals surface area contributed by atoms with Gasteiger partial charge in [0.1, 0.15) is 11.5 Å². The van der Waals surface area contributed by atoms with E-state index in [1.807, 2.05) is 43.3 Å². The van der Waals surface area contributed by atoms with Crippen LogP contribution in [0.25, 0.3) is 0 Å². The highest BCUT2D eigenvalue weighted by Gasteiger charge is 2.24. The lowest BCUT2D eigenvalue weighted by molar-refractivity contribution is 0.234. The van der Waals surface area contributed by atoms with Gasteiger partial charge in [0.2, 0.25) is 0 Å². The van der Waals surface area contributed by atoms with Crippen LogP contribution in [0.4, 0.5) is 0 Å². The Kier molecular flexibility index (Phi) is 3.61. The zero-order valence-electron chi connectivity index (χ0n) is 11.5. The Morgan fingerprint density at radius 2 is 2.05 bits per heavy atom. The average molecular weight is 270 g/mol. The summed E-state index contributed by atoms with van der Waals surface area (Å²) in [5.74, 6) is 1.99. The summed E-state index contributed by atoms with van der Waals surface area (Å²) in [5.41, 5.74) is 3.08. The van der Waals surface area contributed by atoms with Gasteiger partial charge in [-0.3, -0.25) is 0 Å². The standard InChI is InChI=1S/C17H18O3/c1-12-5-4-6-13(9-18)17(12)20-11-14-10-19-16-8-3-2-7-15(14)16/h2-8,14,18H,9-11H2,1H3. The Bertz CT molecular complexity index is 607. The Morgan fingerprint density at radius 3 is 2.90 bits per heavy atom. The maximum atomic E-state index is 9.39. The SMILES string of the molecule is Cc1cccc(CO)c1OCC1COc2ccccc21. The minimum atomic E-state index is -0.00519. The summed E-state index contributed by atoms with van der Waals surface area (Å²) >= 11 is 0. The van der Waals surface area contributed by atoms with Crippen molar-refractivity contribution < 1.29 is 14.6 Å². The fourth-order valence-corrected chi connectivity index (χ4v) is 2.60.